The summed E-state index contributed by atoms with van der Waals surface area (Å²) in [5, 5.41) is 3.19. The van der Waals surface area contributed by atoms with Gasteiger partial charge in [0.2, 0.25) is 0 Å². The van der Waals surface area contributed by atoms with Crippen molar-refractivity contribution in [3.05, 3.63) is 29.3 Å². The summed E-state index contributed by atoms with van der Waals surface area (Å²) in [5.74, 6) is 0.692. The summed E-state index contributed by atoms with van der Waals surface area (Å²) in [6.45, 7) is 7.88. The number of benzene rings is 1. The van der Waals surface area contributed by atoms with Gasteiger partial charge in [-0.25, -0.2) is 0 Å². The smallest absolute Gasteiger partial charge is 0.0545 e. The average molecular weight is 225 g/mol. The normalized spacial score (nSPS) is 12.7. The summed E-state index contributed by atoms with van der Waals surface area (Å²) in [6, 6.07) is 6.08. The van der Waals surface area contributed by atoms with Gasteiger partial charge in [0.25, 0.3) is 0 Å². The predicted octanol–water partition coefficient (Wildman–Crippen LogP) is 2.02. The maximum absolute atomic E-state index is 11.9. The molecule has 0 saturated carbocycles. The topological polar surface area (TPSA) is 29.1 Å². The predicted molar refractivity (Wildman–Crippen MR) is 65.7 cm³/mol. The van der Waals surface area contributed by atoms with E-state index in [1.165, 1.54) is 5.56 Å². The van der Waals surface area contributed by atoms with Crippen molar-refractivity contribution < 1.29 is 4.21 Å². The average Bonchev–Trinajstić information content (AvgIpc) is 2.17. The first kappa shape index (κ1) is 12.4. The van der Waals surface area contributed by atoms with Gasteiger partial charge in [-0.3, -0.25) is 4.21 Å². The second-order valence-corrected chi connectivity index (χ2v) is 5.21. The van der Waals surface area contributed by atoms with E-state index in [2.05, 4.69) is 25.2 Å². The Morgan fingerprint density at radius 2 is 2.07 bits per heavy atom. The third-order valence-electron chi connectivity index (χ3n) is 2.29. The fourth-order valence-electron chi connectivity index (χ4n) is 1.51. The molecule has 0 saturated heterocycles. The second-order valence-electron chi connectivity index (χ2n) is 3.67. The fraction of sp³-hybridized carbons (Fsp3) is 0.500. The van der Waals surface area contributed by atoms with E-state index >= 15 is 0 Å². The molecule has 1 aromatic rings. The van der Waals surface area contributed by atoms with E-state index in [1.807, 2.05) is 19.1 Å². The number of nitrogens with one attached hydrogen (secondary N) is 1. The summed E-state index contributed by atoms with van der Waals surface area (Å²) in [7, 11) is -0.867. The van der Waals surface area contributed by atoms with Gasteiger partial charge >= 0.3 is 0 Å². The lowest BCUT2D eigenvalue weighted by molar-refractivity contribution is 0.676. The molecule has 1 unspecified atom stereocenters. The third-order valence-corrected chi connectivity index (χ3v) is 3.81. The molecule has 0 spiro atoms. The molecule has 0 aliphatic rings. The number of hydrogen-bond donors (Lipinski definition) is 1. The molecule has 0 fully saturated rings. The molecule has 3 heteroatoms. The van der Waals surface area contributed by atoms with Crippen LogP contribution in [0.2, 0.25) is 0 Å². The van der Waals surface area contributed by atoms with Gasteiger partial charge in [0.05, 0.1) is 10.8 Å². The Balaban J connectivity index is 2.65. The maximum Gasteiger partial charge on any atom is 0.0545 e. The van der Waals surface area contributed by atoms with E-state index in [0.29, 0.717) is 5.75 Å². The molecule has 0 amide bonds. The highest BCUT2D eigenvalue weighted by Crippen LogP contribution is 2.14. The highest BCUT2D eigenvalue weighted by Gasteiger charge is 2.06. The van der Waals surface area contributed by atoms with Crippen LogP contribution in [0.4, 0.5) is 0 Å². The molecule has 0 aliphatic heterocycles. The Morgan fingerprint density at radius 3 is 2.67 bits per heavy atom. The largest absolute Gasteiger partial charge is 0.316 e. The molecule has 1 N–H and O–H groups in total. The Hall–Kier alpha value is -0.670. The Kier molecular flexibility index (Phi) is 4.99. The Morgan fingerprint density at radius 1 is 1.33 bits per heavy atom. The van der Waals surface area contributed by atoms with E-state index in [0.717, 1.165) is 23.5 Å². The summed E-state index contributed by atoms with van der Waals surface area (Å²) >= 11 is 0. The Labute approximate surface area is 94.5 Å². The number of hydrogen-bond acceptors (Lipinski definition) is 2. The van der Waals surface area contributed by atoms with E-state index in [-0.39, 0.29) is 0 Å². The molecule has 1 atom stereocenters. The van der Waals surface area contributed by atoms with Gasteiger partial charge in [0.1, 0.15) is 0 Å². The van der Waals surface area contributed by atoms with Crippen molar-refractivity contribution in [2.45, 2.75) is 25.7 Å². The van der Waals surface area contributed by atoms with Crippen LogP contribution in [0.3, 0.4) is 0 Å². The molecular weight excluding hydrogens is 206 g/mol. The summed E-state index contributed by atoms with van der Waals surface area (Å²) < 4.78 is 11.9. The van der Waals surface area contributed by atoms with Crippen LogP contribution in [0.15, 0.2) is 23.1 Å². The molecule has 1 rings (SSSR count). The van der Waals surface area contributed by atoms with Crippen molar-refractivity contribution in [3.8, 4) is 0 Å². The maximum atomic E-state index is 11.9. The molecular formula is C12H19NOS. The van der Waals surface area contributed by atoms with Crippen LogP contribution in [0.1, 0.15) is 18.1 Å². The van der Waals surface area contributed by atoms with Crippen molar-refractivity contribution in [3.63, 3.8) is 0 Å². The zero-order chi connectivity index (χ0) is 11.3. The molecule has 0 heterocycles. The summed E-state index contributed by atoms with van der Waals surface area (Å²) in [4.78, 5) is 0.971. The van der Waals surface area contributed by atoms with E-state index in [4.69, 9.17) is 0 Å². The van der Waals surface area contributed by atoms with Crippen LogP contribution >= 0.6 is 0 Å². The van der Waals surface area contributed by atoms with Crippen molar-refractivity contribution in [2.24, 2.45) is 0 Å². The molecule has 0 aromatic heterocycles. The minimum Gasteiger partial charge on any atom is -0.316 e. The quantitative estimate of drug-likeness (QED) is 0.777. The number of aryl methyl sites for hydroxylation is 2. The standard InChI is InChI=1S/C12H19NOS/c1-4-13-7-8-15(14)12-6-5-10(2)9-11(12)3/h5-6,9,13H,4,7-8H2,1-3H3. The summed E-state index contributed by atoms with van der Waals surface area (Å²) in [5.41, 5.74) is 2.35. The van der Waals surface area contributed by atoms with Crippen LogP contribution in [-0.4, -0.2) is 23.1 Å². The molecule has 0 bridgehead atoms. The van der Waals surface area contributed by atoms with Crippen molar-refractivity contribution in [1.29, 1.82) is 0 Å². The highest BCUT2D eigenvalue weighted by molar-refractivity contribution is 7.85. The first-order valence-electron chi connectivity index (χ1n) is 5.31. The van der Waals surface area contributed by atoms with Crippen LogP contribution in [0, 0.1) is 13.8 Å². The molecule has 84 valence electrons. The molecule has 15 heavy (non-hydrogen) atoms. The van der Waals surface area contributed by atoms with Gasteiger partial charge in [0, 0.05) is 17.2 Å². The van der Waals surface area contributed by atoms with Gasteiger partial charge < -0.3 is 5.32 Å². The minimum absolute atomic E-state index is 0.692. The van der Waals surface area contributed by atoms with Crippen molar-refractivity contribution >= 4 is 10.8 Å². The lowest BCUT2D eigenvalue weighted by Gasteiger charge is -2.07. The summed E-state index contributed by atoms with van der Waals surface area (Å²) in [6.07, 6.45) is 0. The van der Waals surface area contributed by atoms with Gasteiger partial charge in [-0.15, -0.1) is 0 Å². The fourth-order valence-corrected chi connectivity index (χ4v) is 2.69. The number of rotatable bonds is 5. The lowest BCUT2D eigenvalue weighted by Crippen LogP contribution is -2.20. The zero-order valence-electron chi connectivity index (χ0n) is 9.67. The molecule has 0 radical (unpaired) electrons. The monoisotopic (exact) mass is 225 g/mol. The van der Waals surface area contributed by atoms with Crippen molar-refractivity contribution in [2.75, 3.05) is 18.8 Å². The first-order chi connectivity index (χ1) is 7.15. The second kappa shape index (κ2) is 6.03. The SMILES string of the molecule is CCNCCS(=O)c1ccc(C)cc1C. The van der Waals surface area contributed by atoms with E-state index < -0.39 is 10.8 Å². The van der Waals surface area contributed by atoms with Gasteiger partial charge in [-0.05, 0) is 32.0 Å². The molecule has 0 aliphatic carbocycles. The molecule has 2 nitrogen and oxygen atoms in total. The van der Waals surface area contributed by atoms with Crippen molar-refractivity contribution in [1.82, 2.24) is 5.32 Å². The third kappa shape index (κ3) is 3.76. The van der Waals surface area contributed by atoms with E-state index in [9.17, 15) is 4.21 Å². The lowest BCUT2D eigenvalue weighted by atomic mass is 10.2. The molecule has 1 aromatic carbocycles. The van der Waals surface area contributed by atoms with Crippen LogP contribution < -0.4 is 5.32 Å². The first-order valence-corrected chi connectivity index (χ1v) is 6.63. The van der Waals surface area contributed by atoms with Gasteiger partial charge in [-0.1, -0.05) is 24.6 Å². The Bertz CT molecular complexity index is 349. The van der Waals surface area contributed by atoms with Gasteiger partial charge in [0.15, 0.2) is 0 Å². The van der Waals surface area contributed by atoms with Crippen LogP contribution in [0.5, 0.6) is 0 Å². The van der Waals surface area contributed by atoms with Crippen LogP contribution in [-0.2, 0) is 10.8 Å². The minimum atomic E-state index is -0.867. The van der Waals surface area contributed by atoms with E-state index in [1.54, 1.807) is 0 Å². The zero-order valence-corrected chi connectivity index (χ0v) is 10.5. The van der Waals surface area contributed by atoms with Gasteiger partial charge in [-0.2, -0.15) is 0 Å². The highest BCUT2D eigenvalue weighted by atomic mass is 32.2. The van der Waals surface area contributed by atoms with Crippen LogP contribution in [0.25, 0.3) is 0 Å².